The number of aliphatic hydroxyl groups excluding tert-OH is 1. The molecule has 3 aromatic carbocycles. The highest BCUT2D eigenvalue weighted by molar-refractivity contribution is 5.85. The Kier molecular flexibility index (Phi) is 8.45. The van der Waals surface area contributed by atoms with Gasteiger partial charge in [-0.1, -0.05) is 66.7 Å². The van der Waals surface area contributed by atoms with E-state index in [9.17, 15) is 9.90 Å². The summed E-state index contributed by atoms with van der Waals surface area (Å²) in [4.78, 5) is 18.5. The summed E-state index contributed by atoms with van der Waals surface area (Å²) < 4.78 is 6.48. The number of hydrogen-bond donors (Lipinski definition) is 3. The van der Waals surface area contributed by atoms with Crippen LogP contribution in [-0.2, 0) is 6.54 Å². The molecular weight excluding hydrogens is 536 g/mol. The number of methoxy groups -OCH3 is 1. The number of aromatic nitrogens is 1. The average Bonchev–Trinajstić information content (AvgIpc) is 3.06. The standard InChI is InChI=1S/C36H40N4O3/c1-3-26-23-40(22-25-10-6-4-7-11-25)19-17-28(26)20-34(40)35(30-16-18-37-32-15-14-29(43-2)21-31(30)32)39-36(42)38-33(24-41)27-12-8-5-9-13-27/h3-16,18,21,26,28,33-35,41H,1,17,19-20,22-24H2,2H3,(H-,38,39,42)/p+1/t26-,28-,33-,34+,35+,40+/m0/s1. The summed E-state index contributed by atoms with van der Waals surface area (Å²) in [5.74, 6) is 1.71. The summed E-state index contributed by atoms with van der Waals surface area (Å²) in [6, 6.07) is 27.2. The molecule has 222 valence electrons. The number of quaternary nitrogens is 1. The predicted octanol–water partition coefficient (Wildman–Crippen LogP) is 5.93. The van der Waals surface area contributed by atoms with Crippen molar-refractivity contribution in [1.29, 1.82) is 0 Å². The van der Waals surface area contributed by atoms with Gasteiger partial charge in [-0.2, -0.15) is 0 Å². The number of aliphatic hydroxyl groups is 1. The minimum Gasteiger partial charge on any atom is -0.497 e. The zero-order chi connectivity index (χ0) is 29.8. The number of benzene rings is 3. The van der Waals surface area contributed by atoms with Crippen LogP contribution < -0.4 is 15.4 Å². The number of amides is 2. The second-order valence-electron chi connectivity index (χ2n) is 12.0. The van der Waals surface area contributed by atoms with E-state index >= 15 is 0 Å². The number of pyridine rings is 1. The van der Waals surface area contributed by atoms with Gasteiger partial charge in [0.2, 0.25) is 0 Å². The van der Waals surface area contributed by atoms with Crippen LogP contribution in [0.25, 0.3) is 10.9 Å². The Bertz CT molecular complexity index is 1560. The first-order valence-corrected chi connectivity index (χ1v) is 15.2. The van der Waals surface area contributed by atoms with Gasteiger partial charge in [-0.15, -0.1) is 6.58 Å². The van der Waals surface area contributed by atoms with Crippen LogP contribution in [-0.4, -0.2) is 53.5 Å². The van der Waals surface area contributed by atoms with Gasteiger partial charge in [-0.25, -0.2) is 4.79 Å². The van der Waals surface area contributed by atoms with E-state index in [4.69, 9.17) is 4.74 Å². The molecule has 7 nitrogen and oxygen atoms in total. The summed E-state index contributed by atoms with van der Waals surface area (Å²) in [6.45, 7) is 6.94. The number of piperidine rings is 3. The number of hydrogen-bond acceptors (Lipinski definition) is 4. The molecule has 7 heteroatoms. The average molecular weight is 578 g/mol. The number of nitrogens with zero attached hydrogens (tertiary/aromatic N) is 2. The fourth-order valence-corrected chi connectivity index (χ4v) is 7.54. The maximum absolute atomic E-state index is 13.9. The largest absolute Gasteiger partial charge is 0.497 e. The fourth-order valence-electron chi connectivity index (χ4n) is 7.54. The van der Waals surface area contributed by atoms with Gasteiger partial charge in [0.1, 0.15) is 24.4 Å². The zero-order valence-electron chi connectivity index (χ0n) is 24.7. The summed E-state index contributed by atoms with van der Waals surface area (Å²) in [6.07, 6.45) is 6.10. The number of carbonyl (C=O) groups is 1. The van der Waals surface area contributed by atoms with Crippen molar-refractivity contribution in [3.63, 3.8) is 0 Å². The van der Waals surface area contributed by atoms with Crippen LogP contribution in [0.5, 0.6) is 5.75 Å². The monoisotopic (exact) mass is 577 g/mol. The highest BCUT2D eigenvalue weighted by Gasteiger charge is 2.54. The lowest BCUT2D eigenvalue weighted by molar-refractivity contribution is -0.983. The number of rotatable bonds is 10. The predicted molar refractivity (Wildman–Crippen MR) is 169 cm³/mol. The smallest absolute Gasteiger partial charge is 0.316 e. The SMILES string of the molecule is C=C[C@H]1C[N@+]2(Cc3ccccc3)CC[C@H]1C[C@@H]2[C@H](NC(=O)N[C@@H](CO)c1ccccc1)c1ccnc2ccc(OC)cc12. The van der Waals surface area contributed by atoms with E-state index in [2.05, 4.69) is 58.6 Å². The second kappa shape index (κ2) is 12.6. The molecule has 2 amide bonds. The molecule has 3 fully saturated rings. The van der Waals surface area contributed by atoms with Gasteiger partial charge >= 0.3 is 6.03 Å². The van der Waals surface area contributed by atoms with Gasteiger partial charge in [0.15, 0.2) is 0 Å². The molecule has 0 unspecified atom stereocenters. The van der Waals surface area contributed by atoms with Gasteiger partial charge in [0.25, 0.3) is 0 Å². The quantitative estimate of drug-likeness (QED) is 0.161. The van der Waals surface area contributed by atoms with Crippen molar-refractivity contribution >= 4 is 16.9 Å². The molecule has 0 saturated carbocycles. The molecule has 4 aromatic rings. The van der Waals surface area contributed by atoms with E-state index in [1.165, 1.54) is 5.56 Å². The zero-order valence-corrected chi connectivity index (χ0v) is 24.7. The highest BCUT2D eigenvalue weighted by Crippen LogP contribution is 2.48. The lowest BCUT2D eigenvalue weighted by Gasteiger charge is -2.59. The number of ether oxygens (including phenoxy) is 1. The van der Waals surface area contributed by atoms with Gasteiger partial charge in [0, 0.05) is 35.9 Å². The summed E-state index contributed by atoms with van der Waals surface area (Å²) in [5, 5.41) is 17.6. The molecular formula is C36H41N4O3+. The Morgan fingerprint density at radius 1 is 1.09 bits per heavy atom. The normalized spacial score (nSPS) is 24.2. The van der Waals surface area contributed by atoms with Crippen LogP contribution in [0, 0.1) is 11.8 Å². The first-order chi connectivity index (χ1) is 21.0. The van der Waals surface area contributed by atoms with Gasteiger partial charge in [-0.3, -0.25) is 4.98 Å². The van der Waals surface area contributed by atoms with E-state index in [0.29, 0.717) is 11.8 Å². The van der Waals surface area contributed by atoms with Crippen LogP contribution in [0.15, 0.2) is 104 Å². The highest BCUT2D eigenvalue weighted by atomic mass is 16.5. The van der Waals surface area contributed by atoms with Crippen molar-refractivity contribution in [2.75, 3.05) is 26.8 Å². The number of carbonyl (C=O) groups excluding carboxylic acids is 1. The maximum atomic E-state index is 13.9. The second-order valence-corrected chi connectivity index (χ2v) is 12.0. The molecule has 0 aliphatic carbocycles. The minimum absolute atomic E-state index is 0.127. The molecule has 3 saturated heterocycles. The van der Waals surface area contributed by atoms with Crippen LogP contribution in [0.1, 0.15) is 41.6 Å². The number of urea groups is 1. The van der Waals surface area contributed by atoms with E-state index in [-0.39, 0.29) is 24.7 Å². The van der Waals surface area contributed by atoms with Crippen molar-refractivity contribution in [3.8, 4) is 5.75 Å². The molecule has 43 heavy (non-hydrogen) atoms. The van der Waals surface area contributed by atoms with E-state index in [1.807, 2.05) is 60.8 Å². The Hall–Kier alpha value is -4.20. The lowest BCUT2D eigenvalue weighted by atomic mass is 9.70. The van der Waals surface area contributed by atoms with E-state index in [1.54, 1.807) is 7.11 Å². The number of nitrogens with one attached hydrogen (secondary N) is 2. The first kappa shape index (κ1) is 28.9. The van der Waals surface area contributed by atoms with Gasteiger partial charge < -0.3 is 25.0 Å². The van der Waals surface area contributed by atoms with Crippen LogP contribution in [0.3, 0.4) is 0 Å². The molecule has 3 N–H and O–H groups in total. The van der Waals surface area contributed by atoms with Crippen molar-refractivity contribution < 1.29 is 19.1 Å². The minimum atomic E-state index is -0.517. The third-order valence-electron chi connectivity index (χ3n) is 9.69. The Labute approximate surface area is 253 Å². The van der Waals surface area contributed by atoms with Crippen LogP contribution in [0.4, 0.5) is 4.79 Å². The van der Waals surface area contributed by atoms with Crippen LogP contribution >= 0.6 is 0 Å². The third kappa shape index (κ3) is 5.88. The van der Waals surface area contributed by atoms with Crippen molar-refractivity contribution in [2.45, 2.75) is 37.5 Å². The molecule has 4 heterocycles. The summed E-state index contributed by atoms with van der Waals surface area (Å²) in [5.41, 5.74) is 4.04. The van der Waals surface area contributed by atoms with Gasteiger partial charge in [0.05, 0.1) is 38.4 Å². The molecule has 0 radical (unpaired) electrons. The molecule has 3 aliphatic heterocycles. The number of fused-ring (bicyclic) bond motifs is 4. The summed E-state index contributed by atoms with van der Waals surface area (Å²) in [7, 11) is 1.67. The molecule has 3 aliphatic rings. The Morgan fingerprint density at radius 2 is 1.86 bits per heavy atom. The first-order valence-electron chi connectivity index (χ1n) is 15.2. The lowest BCUT2D eigenvalue weighted by Crippen LogP contribution is -2.69. The van der Waals surface area contributed by atoms with Crippen molar-refractivity contribution in [1.82, 2.24) is 15.6 Å². The van der Waals surface area contributed by atoms with E-state index in [0.717, 1.165) is 64.7 Å². The Balaban J connectivity index is 1.42. The molecule has 2 bridgehead atoms. The van der Waals surface area contributed by atoms with E-state index < -0.39 is 6.04 Å². The molecule has 0 spiro atoms. The van der Waals surface area contributed by atoms with Crippen molar-refractivity contribution in [3.05, 3.63) is 120 Å². The molecule has 6 atom stereocenters. The fraction of sp³-hybridized carbons (Fsp3) is 0.333. The summed E-state index contributed by atoms with van der Waals surface area (Å²) >= 11 is 0. The Morgan fingerprint density at radius 3 is 2.58 bits per heavy atom. The molecule has 1 aromatic heterocycles. The van der Waals surface area contributed by atoms with Crippen LogP contribution in [0.2, 0.25) is 0 Å². The topological polar surface area (TPSA) is 83.5 Å². The third-order valence-corrected chi connectivity index (χ3v) is 9.69. The van der Waals surface area contributed by atoms with Gasteiger partial charge in [-0.05, 0) is 41.3 Å². The van der Waals surface area contributed by atoms with Crippen molar-refractivity contribution in [2.24, 2.45) is 11.8 Å². The molecule has 7 rings (SSSR count). The maximum Gasteiger partial charge on any atom is 0.316 e.